The van der Waals surface area contributed by atoms with Crippen LogP contribution >= 0.6 is 27.5 Å². The summed E-state index contributed by atoms with van der Waals surface area (Å²) in [5.74, 6) is 0.721. The van der Waals surface area contributed by atoms with E-state index in [0.29, 0.717) is 0 Å². The van der Waals surface area contributed by atoms with Crippen molar-refractivity contribution in [2.75, 3.05) is 5.88 Å². The molecule has 1 aromatic carbocycles. The van der Waals surface area contributed by atoms with Gasteiger partial charge in [0.25, 0.3) is 0 Å². The second-order valence-electron chi connectivity index (χ2n) is 3.32. The van der Waals surface area contributed by atoms with E-state index < -0.39 is 0 Å². The first-order valence-corrected chi connectivity index (χ1v) is 5.95. The summed E-state index contributed by atoms with van der Waals surface area (Å²) in [5, 5.41) is 1.25. The highest BCUT2D eigenvalue weighted by Gasteiger charge is 2.00. The maximum absolute atomic E-state index is 5.65. The van der Waals surface area contributed by atoms with Gasteiger partial charge in [0.2, 0.25) is 0 Å². The van der Waals surface area contributed by atoms with Gasteiger partial charge in [0.15, 0.2) is 0 Å². The zero-order valence-electron chi connectivity index (χ0n) is 7.69. The molecule has 0 bridgehead atoms. The Labute approximate surface area is 96.6 Å². The number of benzene rings is 1. The highest BCUT2D eigenvalue weighted by molar-refractivity contribution is 9.10. The molecule has 3 heteroatoms. The number of aromatic nitrogens is 1. The Morgan fingerprint density at radius 1 is 1.29 bits per heavy atom. The lowest BCUT2D eigenvalue weighted by Crippen LogP contribution is -1.84. The Bertz CT molecular complexity index is 436. The fourth-order valence-electron chi connectivity index (χ4n) is 1.56. The lowest BCUT2D eigenvalue weighted by atomic mass is 10.2. The molecule has 1 heterocycles. The summed E-state index contributed by atoms with van der Waals surface area (Å²) in [5.41, 5.74) is 2.46. The molecule has 0 radical (unpaired) electrons. The molecule has 0 saturated heterocycles. The molecule has 0 spiro atoms. The van der Waals surface area contributed by atoms with E-state index in [-0.39, 0.29) is 0 Å². The first-order chi connectivity index (χ1) is 6.79. The fraction of sp³-hybridized carbons (Fsp3) is 0.273. The van der Waals surface area contributed by atoms with Crippen LogP contribution in [-0.2, 0) is 6.42 Å². The fourth-order valence-corrected chi connectivity index (χ4v) is 2.07. The molecule has 1 aromatic heterocycles. The molecular weight excluding hydrogens is 261 g/mol. The molecule has 2 aromatic rings. The number of fused-ring (bicyclic) bond motifs is 1. The zero-order chi connectivity index (χ0) is 9.97. The van der Waals surface area contributed by atoms with Gasteiger partial charge in [-0.15, -0.1) is 11.6 Å². The molecule has 0 amide bonds. The zero-order valence-corrected chi connectivity index (χ0v) is 10.0. The summed E-state index contributed by atoms with van der Waals surface area (Å²) >= 11 is 9.11. The lowest BCUT2D eigenvalue weighted by molar-refractivity contribution is 0.902. The van der Waals surface area contributed by atoms with Crippen LogP contribution in [0.25, 0.3) is 10.9 Å². The van der Waals surface area contributed by atoms with Crippen molar-refractivity contribution >= 4 is 38.4 Å². The van der Waals surface area contributed by atoms with E-state index in [1.54, 1.807) is 0 Å². The number of alkyl halides is 1. The van der Waals surface area contributed by atoms with Crippen molar-refractivity contribution in [3.05, 3.63) is 34.4 Å². The van der Waals surface area contributed by atoms with Crippen molar-refractivity contribution in [3.63, 3.8) is 0 Å². The van der Waals surface area contributed by atoms with Gasteiger partial charge in [-0.05, 0) is 37.1 Å². The number of hydrogen-bond acceptors (Lipinski definition) is 0. The number of halogens is 2. The maximum Gasteiger partial charge on any atom is 0.0456 e. The number of nitrogens with one attached hydrogen (secondary N) is 1. The molecule has 14 heavy (non-hydrogen) atoms. The molecule has 0 aliphatic heterocycles. The van der Waals surface area contributed by atoms with Gasteiger partial charge in [-0.25, -0.2) is 0 Å². The number of H-pyrrole nitrogens is 1. The summed E-state index contributed by atoms with van der Waals surface area (Å²) in [6, 6.07) is 8.44. The molecule has 0 aliphatic rings. The van der Waals surface area contributed by atoms with Crippen molar-refractivity contribution in [2.24, 2.45) is 0 Å². The minimum Gasteiger partial charge on any atom is -0.358 e. The van der Waals surface area contributed by atoms with Gasteiger partial charge in [0.05, 0.1) is 0 Å². The second-order valence-corrected chi connectivity index (χ2v) is 4.61. The smallest absolute Gasteiger partial charge is 0.0456 e. The average molecular weight is 273 g/mol. The molecule has 0 atom stereocenters. The standard InChI is InChI=1S/C11H11BrClN/c12-9-3-4-11-8(6-9)7-10(14-11)2-1-5-13/h3-4,6-7,14H,1-2,5H2. The third kappa shape index (κ3) is 2.12. The Morgan fingerprint density at radius 3 is 2.93 bits per heavy atom. The minimum absolute atomic E-state index is 0.721. The van der Waals surface area contributed by atoms with Crippen LogP contribution in [0.1, 0.15) is 12.1 Å². The quantitative estimate of drug-likeness (QED) is 0.810. The average Bonchev–Trinajstić information content (AvgIpc) is 2.56. The van der Waals surface area contributed by atoms with E-state index in [0.717, 1.165) is 23.2 Å². The van der Waals surface area contributed by atoms with Crippen molar-refractivity contribution in [1.29, 1.82) is 0 Å². The largest absolute Gasteiger partial charge is 0.358 e. The number of aromatic amines is 1. The van der Waals surface area contributed by atoms with E-state index in [9.17, 15) is 0 Å². The van der Waals surface area contributed by atoms with Crippen LogP contribution in [0.2, 0.25) is 0 Å². The molecule has 2 rings (SSSR count). The van der Waals surface area contributed by atoms with Crippen molar-refractivity contribution in [3.8, 4) is 0 Å². The minimum atomic E-state index is 0.721. The maximum atomic E-state index is 5.65. The van der Waals surface area contributed by atoms with Crippen LogP contribution < -0.4 is 0 Å². The number of hydrogen-bond donors (Lipinski definition) is 1. The van der Waals surface area contributed by atoms with E-state index in [4.69, 9.17) is 11.6 Å². The summed E-state index contributed by atoms with van der Waals surface area (Å²) in [7, 11) is 0. The molecule has 0 saturated carbocycles. The monoisotopic (exact) mass is 271 g/mol. The third-order valence-corrected chi connectivity index (χ3v) is 2.98. The highest BCUT2D eigenvalue weighted by atomic mass is 79.9. The van der Waals surface area contributed by atoms with E-state index in [1.165, 1.54) is 16.6 Å². The van der Waals surface area contributed by atoms with Crippen molar-refractivity contribution in [1.82, 2.24) is 4.98 Å². The Balaban J connectivity index is 2.32. The molecule has 0 aliphatic carbocycles. The Kier molecular flexibility index (Phi) is 3.14. The SMILES string of the molecule is ClCCCc1cc2cc(Br)ccc2[nH]1. The predicted octanol–water partition coefficient (Wildman–Crippen LogP) is 4.10. The Morgan fingerprint density at radius 2 is 2.14 bits per heavy atom. The molecule has 1 N–H and O–H groups in total. The van der Waals surface area contributed by atoms with Crippen molar-refractivity contribution < 1.29 is 0 Å². The van der Waals surface area contributed by atoms with Gasteiger partial charge in [0, 0.05) is 26.9 Å². The first kappa shape index (κ1) is 10.1. The van der Waals surface area contributed by atoms with Gasteiger partial charge in [-0.1, -0.05) is 15.9 Å². The van der Waals surface area contributed by atoms with E-state index in [2.05, 4.69) is 39.1 Å². The summed E-state index contributed by atoms with van der Waals surface area (Å²) in [6.07, 6.45) is 2.05. The third-order valence-electron chi connectivity index (χ3n) is 2.22. The highest BCUT2D eigenvalue weighted by Crippen LogP contribution is 2.21. The van der Waals surface area contributed by atoms with Crippen LogP contribution in [0, 0.1) is 0 Å². The van der Waals surface area contributed by atoms with Crippen LogP contribution in [0.5, 0.6) is 0 Å². The van der Waals surface area contributed by atoms with Gasteiger partial charge in [0.1, 0.15) is 0 Å². The molecule has 0 fully saturated rings. The summed E-state index contributed by atoms with van der Waals surface area (Å²) in [6.45, 7) is 0. The normalized spacial score (nSPS) is 11.0. The van der Waals surface area contributed by atoms with Gasteiger partial charge in [-0.3, -0.25) is 0 Å². The van der Waals surface area contributed by atoms with Crippen LogP contribution in [0.3, 0.4) is 0 Å². The van der Waals surface area contributed by atoms with E-state index >= 15 is 0 Å². The topological polar surface area (TPSA) is 15.8 Å². The Hall–Kier alpha value is -0.470. The van der Waals surface area contributed by atoms with Crippen LogP contribution in [0.15, 0.2) is 28.7 Å². The second kappa shape index (κ2) is 4.37. The van der Waals surface area contributed by atoms with Crippen molar-refractivity contribution in [2.45, 2.75) is 12.8 Å². The number of aryl methyl sites for hydroxylation is 1. The first-order valence-electron chi connectivity index (χ1n) is 4.63. The predicted molar refractivity (Wildman–Crippen MR) is 65.0 cm³/mol. The summed E-state index contributed by atoms with van der Waals surface area (Å²) < 4.78 is 1.12. The molecule has 0 unspecified atom stereocenters. The van der Waals surface area contributed by atoms with Gasteiger partial charge >= 0.3 is 0 Å². The lowest BCUT2D eigenvalue weighted by Gasteiger charge is -1.91. The van der Waals surface area contributed by atoms with Gasteiger partial charge in [-0.2, -0.15) is 0 Å². The molecule has 1 nitrogen and oxygen atoms in total. The van der Waals surface area contributed by atoms with Crippen LogP contribution in [-0.4, -0.2) is 10.9 Å². The molecule has 74 valence electrons. The van der Waals surface area contributed by atoms with Crippen LogP contribution in [0.4, 0.5) is 0 Å². The summed E-state index contributed by atoms with van der Waals surface area (Å²) in [4.78, 5) is 3.38. The molecular formula is C11H11BrClN. The van der Waals surface area contributed by atoms with E-state index in [1.807, 2.05) is 6.07 Å². The van der Waals surface area contributed by atoms with Gasteiger partial charge < -0.3 is 4.98 Å². The number of rotatable bonds is 3.